The minimum absolute atomic E-state index is 0.154. The van der Waals surface area contributed by atoms with Crippen molar-refractivity contribution in [2.45, 2.75) is 19.9 Å². The van der Waals surface area contributed by atoms with Gasteiger partial charge in [0.2, 0.25) is 0 Å². The molecule has 0 spiro atoms. The molecule has 0 saturated heterocycles. The predicted octanol–water partition coefficient (Wildman–Crippen LogP) is 4.89. The van der Waals surface area contributed by atoms with Crippen molar-refractivity contribution in [1.82, 2.24) is 9.97 Å². The Bertz CT molecular complexity index is 720. The molecule has 1 N–H and O–H groups in total. The van der Waals surface area contributed by atoms with Crippen molar-refractivity contribution in [3.8, 4) is 0 Å². The maximum Gasteiger partial charge on any atom is 0.184 e. The summed E-state index contributed by atoms with van der Waals surface area (Å²) in [7, 11) is 0. The third-order valence-electron chi connectivity index (χ3n) is 2.77. The fourth-order valence-corrected chi connectivity index (χ4v) is 3.73. The van der Waals surface area contributed by atoms with Crippen LogP contribution in [0, 0.1) is 6.92 Å². The van der Waals surface area contributed by atoms with Gasteiger partial charge in [-0.3, -0.25) is 0 Å². The van der Waals surface area contributed by atoms with Crippen molar-refractivity contribution in [3.63, 3.8) is 0 Å². The molecule has 1 aromatic carbocycles. The minimum atomic E-state index is 0.154. The molecule has 0 aliphatic carbocycles. The monoisotopic (exact) mass is 309 g/mol. The van der Waals surface area contributed by atoms with E-state index in [1.54, 1.807) is 22.7 Å². The van der Waals surface area contributed by atoms with Gasteiger partial charge >= 0.3 is 0 Å². The topological polar surface area (TPSA) is 37.8 Å². The number of thiazole rings is 2. The van der Waals surface area contributed by atoms with Gasteiger partial charge in [-0.2, -0.15) is 0 Å². The van der Waals surface area contributed by atoms with E-state index < -0.39 is 0 Å². The molecule has 3 rings (SSSR count). The number of rotatable bonds is 3. The molecule has 2 aromatic heterocycles. The first-order valence-corrected chi connectivity index (χ1v) is 7.94. The zero-order chi connectivity index (χ0) is 13.4. The first-order valence-electron chi connectivity index (χ1n) is 5.86. The number of hydrogen-bond acceptors (Lipinski definition) is 5. The van der Waals surface area contributed by atoms with Gasteiger partial charge in [-0.15, -0.1) is 11.3 Å². The zero-order valence-electron chi connectivity index (χ0n) is 10.5. The van der Waals surface area contributed by atoms with E-state index in [1.165, 1.54) is 0 Å². The lowest BCUT2D eigenvalue weighted by molar-refractivity contribution is 0.844. The number of benzene rings is 1. The van der Waals surface area contributed by atoms with Crippen LogP contribution in [0.1, 0.15) is 23.7 Å². The van der Waals surface area contributed by atoms with E-state index in [-0.39, 0.29) is 6.04 Å². The molecular formula is C13H12ClN3S2. The Kier molecular flexibility index (Phi) is 3.43. The highest BCUT2D eigenvalue weighted by molar-refractivity contribution is 7.22. The van der Waals surface area contributed by atoms with Gasteiger partial charge in [-0.05, 0) is 32.0 Å². The second-order valence-corrected chi connectivity index (χ2v) is 6.82. The minimum Gasteiger partial charge on any atom is -0.353 e. The van der Waals surface area contributed by atoms with E-state index in [4.69, 9.17) is 11.6 Å². The summed E-state index contributed by atoms with van der Waals surface area (Å²) < 4.78 is 1.09. The van der Waals surface area contributed by atoms with E-state index in [2.05, 4.69) is 27.6 Å². The van der Waals surface area contributed by atoms with Gasteiger partial charge in [0.05, 0.1) is 27.0 Å². The lowest BCUT2D eigenvalue weighted by Crippen LogP contribution is -2.06. The molecule has 0 radical (unpaired) electrons. The lowest BCUT2D eigenvalue weighted by Gasteiger charge is -2.09. The standard InChI is InChI=1S/C13H12ClN3S2/c1-7(11-6-18-8(2)16-11)15-13-17-10-4-3-9(14)5-12(10)19-13/h3-7H,1-2H3,(H,15,17). The van der Waals surface area contributed by atoms with Crippen molar-refractivity contribution in [1.29, 1.82) is 0 Å². The Balaban J connectivity index is 1.85. The Morgan fingerprint density at radius 2 is 2.16 bits per heavy atom. The molecule has 0 bridgehead atoms. The van der Waals surface area contributed by atoms with Gasteiger partial charge in [-0.1, -0.05) is 22.9 Å². The van der Waals surface area contributed by atoms with Crippen molar-refractivity contribution in [2.75, 3.05) is 5.32 Å². The third kappa shape index (κ3) is 2.73. The molecule has 6 heteroatoms. The number of nitrogens with one attached hydrogen (secondary N) is 1. The number of nitrogens with zero attached hydrogens (tertiary/aromatic N) is 2. The predicted molar refractivity (Wildman–Crippen MR) is 83.5 cm³/mol. The first-order chi connectivity index (χ1) is 9.11. The van der Waals surface area contributed by atoms with Gasteiger partial charge in [-0.25, -0.2) is 9.97 Å². The lowest BCUT2D eigenvalue weighted by atomic mass is 10.3. The van der Waals surface area contributed by atoms with Crippen LogP contribution in [0.2, 0.25) is 5.02 Å². The molecule has 3 nitrogen and oxygen atoms in total. The second-order valence-electron chi connectivity index (χ2n) is 4.29. The molecule has 0 fully saturated rings. The summed E-state index contributed by atoms with van der Waals surface area (Å²) in [4.78, 5) is 9.04. The Morgan fingerprint density at radius 1 is 1.32 bits per heavy atom. The maximum atomic E-state index is 5.98. The maximum absolute atomic E-state index is 5.98. The summed E-state index contributed by atoms with van der Waals surface area (Å²) in [5.74, 6) is 0. The molecule has 98 valence electrons. The summed E-state index contributed by atoms with van der Waals surface area (Å²) in [5.41, 5.74) is 2.03. The average Bonchev–Trinajstić information content (AvgIpc) is 2.94. The van der Waals surface area contributed by atoms with Crippen LogP contribution in [0.5, 0.6) is 0 Å². The molecular weight excluding hydrogens is 298 g/mol. The van der Waals surface area contributed by atoms with Crippen LogP contribution >= 0.6 is 34.3 Å². The molecule has 1 unspecified atom stereocenters. The zero-order valence-corrected chi connectivity index (χ0v) is 12.9. The first kappa shape index (κ1) is 12.8. The van der Waals surface area contributed by atoms with E-state index in [0.29, 0.717) is 0 Å². The van der Waals surface area contributed by atoms with Crippen LogP contribution < -0.4 is 5.32 Å². The number of aromatic nitrogens is 2. The van der Waals surface area contributed by atoms with Gasteiger partial charge in [0, 0.05) is 10.4 Å². The van der Waals surface area contributed by atoms with Gasteiger partial charge in [0.1, 0.15) is 0 Å². The number of aryl methyl sites for hydroxylation is 1. The quantitative estimate of drug-likeness (QED) is 0.748. The fourth-order valence-electron chi connectivity index (χ4n) is 1.80. The number of hydrogen-bond donors (Lipinski definition) is 1. The number of halogens is 1. The molecule has 0 amide bonds. The SMILES string of the molecule is Cc1nc(C(C)Nc2nc3ccc(Cl)cc3s2)cs1. The number of anilines is 1. The second kappa shape index (κ2) is 5.07. The van der Waals surface area contributed by atoms with Crippen LogP contribution in [0.4, 0.5) is 5.13 Å². The highest BCUT2D eigenvalue weighted by Crippen LogP contribution is 2.30. The van der Waals surface area contributed by atoms with E-state index in [9.17, 15) is 0 Å². The molecule has 1 atom stereocenters. The Labute approximate surface area is 124 Å². The molecule has 0 aliphatic rings. The van der Waals surface area contributed by atoms with Crippen molar-refractivity contribution < 1.29 is 0 Å². The highest BCUT2D eigenvalue weighted by atomic mass is 35.5. The largest absolute Gasteiger partial charge is 0.353 e. The summed E-state index contributed by atoms with van der Waals surface area (Å²) >= 11 is 9.26. The van der Waals surface area contributed by atoms with E-state index in [0.717, 1.165) is 31.1 Å². The molecule has 2 heterocycles. The fraction of sp³-hybridized carbons (Fsp3) is 0.231. The Morgan fingerprint density at radius 3 is 2.89 bits per heavy atom. The normalized spacial score (nSPS) is 12.8. The van der Waals surface area contributed by atoms with Gasteiger partial charge in [0.15, 0.2) is 5.13 Å². The Hall–Kier alpha value is -1.17. The number of fused-ring (bicyclic) bond motifs is 1. The van der Waals surface area contributed by atoms with Crippen molar-refractivity contribution >= 4 is 49.6 Å². The summed E-state index contributed by atoms with van der Waals surface area (Å²) in [6.45, 7) is 4.11. The van der Waals surface area contributed by atoms with Gasteiger partial charge in [0.25, 0.3) is 0 Å². The van der Waals surface area contributed by atoms with Crippen LogP contribution in [0.25, 0.3) is 10.2 Å². The molecule has 0 aliphatic heterocycles. The van der Waals surface area contributed by atoms with E-state index >= 15 is 0 Å². The molecule has 0 saturated carbocycles. The summed E-state index contributed by atoms with van der Waals surface area (Å²) in [5, 5.41) is 8.19. The third-order valence-corrected chi connectivity index (χ3v) is 4.75. The van der Waals surface area contributed by atoms with Crippen molar-refractivity contribution in [2.24, 2.45) is 0 Å². The highest BCUT2D eigenvalue weighted by Gasteiger charge is 2.11. The molecule has 19 heavy (non-hydrogen) atoms. The summed E-state index contributed by atoms with van der Waals surface area (Å²) in [6.07, 6.45) is 0. The van der Waals surface area contributed by atoms with E-state index in [1.807, 2.05) is 25.1 Å². The van der Waals surface area contributed by atoms with Crippen LogP contribution in [-0.2, 0) is 0 Å². The summed E-state index contributed by atoms with van der Waals surface area (Å²) in [6, 6.07) is 5.90. The smallest absolute Gasteiger partial charge is 0.184 e. The average molecular weight is 310 g/mol. The van der Waals surface area contributed by atoms with Crippen molar-refractivity contribution in [3.05, 3.63) is 39.3 Å². The molecule has 3 aromatic rings. The van der Waals surface area contributed by atoms with Crippen LogP contribution in [0.15, 0.2) is 23.6 Å². The van der Waals surface area contributed by atoms with Crippen LogP contribution in [0.3, 0.4) is 0 Å². The van der Waals surface area contributed by atoms with Crippen LogP contribution in [-0.4, -0.2) is 9.97 Å². The van der Waals surface area contributed by atoms with Gasteiger partial charge < -0.3 is 5.32 Å².